The number of carbonyl (C=O) groups excluding carboxylic acids is 5. The van der Waals surface area contributed by atoms with Crippen LogP contribution in [0.15, 0.2) is 103 Å². The van der Waals surface area contributed by atoms with Crippen LogP contribution in [-0.4, -0.2) is 72.4 Å². The zero-order chi connectivity index (χ0) is 44.5. The molecule has 6 aromatic rings. The normalized spacial score (nSPS) is 18.6. The number of nitrogens with zero attached hydrogens (tertiary/aromatic N) is 4. The summed E-state index contributed by atoms with van der Waals surface area (Å²) in [4.78, 5) is 69.9. The van der Waals surface area contributed by atoms with Crippen LogP contribution in [0.1, 0.15) is 106 Å². The zero-order valence-corrected chi connectivity index (χ0v) is 35.4. The second-order valence-corrected chi connectivity index (χ2v) is 17.0. The van der Waals surface area contributed by atoms with Gasteiger partial charge in [0.15, 0.2) is 0 Å². The molecule has 1 unspecified atom stereocenters. The number of aliphatic hydroxyl groups excluding tert-OH is 1. The number of amides is 5. The number of piperidine rings is 1. The lowest BCUT2D eigenvalue weighted by Crippen LogP contribution is -2.54. The Morgan fingerprint density at radius 3 is 2.28 bits per heavy atom. The third kappa shape index (κ3) is 8.00. The highest BCUT2D eigenvalue weighted by molar-refractivity contribution is 6.25. The quantitative estimate of drug-likeness (QED) is 0.0603. The van der Waals surface area contributed by atoms with E-state index in [-0.39, 0.29) is 36.1 Å². The lowest BCUT2D eigenvalue weighted by molar-refractivity contribution is -0.136. The number of anilines is 1. The van der Waals surface area contributed by atoms with Gasteiger partial charge in [0.2, 0.25) is 17.7 Å². The van der Waals surface area contributed by atoms with E-state index in [1.54, 1.807) is 30.6 Å². The Kier molecular flexibility index (Phi) is 11.8. The lowest BCUT2D eigenvalue weighted by Gasteiger charge is -2.27. The van der Waals surface area contributed by atoms with Gasteiger partial charge >= 0.3 is 0 Å². The summed E-state index contributed by atoms with van der Waals surface area (Å²) in [6.45, 7) is 0.929. The molecule has 14 heteroatoms. The van der Waals surface area contributed by atoms with Crippen LogP contribution in [0, 0.1) is 5.41 Å². The maximum Gasteiger partial charge on any atom is 0.264 e. The first-order chi connectivity index (χ1) is 31.1. The minimum Gasteiger partial charge on any atom is -0.393 e. The molecule has 3 aliphatic rings. The van der Waals surface area contributed by atoms with Crippen molar-refractivity contribution in [2.24, 2.45) is 5.73 Å². The molecule has 4 aromatic carbocycles. The summed E-state index contributed by atoms with van der Waals surface area (Å²) in [7, 11) is 0. The number of aryl methyl sites for hydroxylation is 1. The van der Waals surface area contributed by atoms with E-state index in [1.165, 1.54) is 0 Å². The number of nitrogens with two attached hydrogens (primary N) is 1. The summed E-state index contributed by atoms with van der Waals surface area (Å²) in [5.74, 6) is -2.69. The second-order valence-electron chi connectivity index (χ2n) is 17.0. The molecular formula is C50H50N8O6. The molecule has 0 bridgehead atoms. The van der Waals surface area contributed by atoms with Crippen LogP contribution >= 0.6 is 0 Å². The third-order valence-electron chi connectivity index (χ3n) is 12.9. The number of aromatic nitrogens is 3. The van der Waals surface area contributed by atoms with Gasteiger partial charge in [-0.05, 0) is 91.8 Å². The number of imide groups is 2. The van der Waals surface area contributed by atoms with Crippen molar-refractivity contribution in [1.29, 1.82) is 5.41 Å². The SMILES string of the molecule is N=c1c2c(-c3ccccc3)c(-c3ccccc3)n(Cc3ccc(C(N)=O)c(CCCCCNc4cccc5c4C(=O)N(C4CCC(=O)NC4=O)C5=O)c3)c2ncn1C1CCC(O)CC1. The van der Waals surface area contributed by atoms with Crippen LogP contribution in [0.2, 0.25) is 0 Å². The van der Waals surface area contributed by atoms with Crippen LogP contribution in [0.25, 0.3) is 33.4 Å². The van der Waals surface area contributed by atoms with Gasteiger partial charge in [-0.2, -0.15) is 0 Å². The van der Waals surface area contributed by atoms with Crippen LogP contribution in [0.3, 0.4) is 0 Å². The Hall–Kier alpha value is -7.19. The molecule has 4 heterocycles. The van der Waals surface area contributed by atoms with Crippen molar-refractivity contribution in [2.45, 2.75) is 88.9 Å². The van der Waals surface area contributed by atoms with Gasteiger partial charge in [-0.3, -0.25) is 39.6 Å². The standard InChI is InChI=1S/C50H50N8O6/c51-45-43-41(31-11-4-1-5-12-31)44(32-13-6-2-7-14-32)56(47(43)54-29-57(45)34-19-21-35(59)22-20-34)28-30-18-23-36(46(52)61)33(27-30)15-8-3-9-26-53-38-17-10-16-37-42(38)50(64)58(49(37)63)39-24-25-40(60)55-48(39)62/h1-2,4-7,10-14,16-18,23,27,29,34-35,39,51,53,59H,3,8-9,15,19-22,24-26,28H2,(H2,52,61)(H,55,60,62). The summed E-state index contributed by atoms with van der Waals surface area (Å²) in [5.41, 5.74) is 14.0. The number of hydrogen-bond acceptors (Lipinski definition) is 9. The van der Waals surface area contributed by atoms with Crippen molar-refractivity contribution in [3.63, 3.8) is 0 Å². The average molecular weight is 859 g/mol. The summed E-state index contributed by atoms with van der Waals surface area (Å²) >= 11 is 0. The molecule has 1 saturated carbocycles. The first-order valence-corrected chi connectivity index (χ1v) is 22.1. The van der Waals surface area contributed by atoms with E-state index in [9.17, 15) is 34.5 Å². The number of carbonyl (C=O) groups is 5. The molecular weight excluding hydrogens is 809 g/mol. The van der Waals surface area contributed by atoms with E-state index >= 15 is 0 Å². The summed E-state index contributed by atoms with van der Waals surface area (Å²) in [6, 6.07) is 30.1. The maximum absolute atomic E-state index is 13.5. The molecule has 6 N–H and O–H groups in total. The molecule has 2 aromatic heterocycles. The van der Waals surface area contributed by atoms with E-state index < -0.39 is 35.6 Å². The molecule has 5 amide bonds. The van der Waals surface area contributed by atoms with Crippen LogP contribution in [0.4, 0.5) is 5.69 Å². The van der Waals surface area contributed by atoms with Gasteiger partial charge in [0.1, 0.15) is 17.2 Å². The average Bonchev–Trinajstić information content (AvgIpc) is 3.76. The number of nitrogens with one attached hydrogen (secondary N) is 3. The second kappa shape index (κ2) is 17.9. The monoisotopic (exact) mass is 858 g/mol. The fourth-order valence-corrected chi connectivity index (χ4v) is 9.70. The number of aliphatic hydroxyl groups is 1. The number of benzene rings is 4. The third-order valence-corrected chi connectivity index (χ3v) is 12.9. The van der Waals surface area contributed by atoms with E-state index in [2.05, 4.69) is 39.5 Å². The van der Waals surface area contributed by atoms with Crippen molar-refractivity contribution in [1.82, 2.24) is 24.3 Å². The molecule has 1 aliphatic carbocycles. The van der Waals surface area contributed by atoms with Crippen molar-refractivity contribution < 1.29 is 29.1 Å². The summed E-state index contributed by atoms with van der Waals surface area (Å²) in [5, 5.41) is 26.3. The highest BCUT2D eigenvalue weighted by Crippen LogP contribution is 2.40. The predicted molar refractivity (Wildman–Crippen MR) is 241 cm³/mol. The Bertz CT molecular complexity index is 2860. The minimum absolute atomic E-state index is 0.0501. The molecule has 64 heavy (non-hydrogen) atoms. The molecule has 14 nitrogen and oxygen atoms in total. The first kappa shape index (κ1) is 42.1. The Morgan fingerprint density at radius 2 is 1.56 bits per heavy atom. The molecule has 326 valence electrons. The largest absolute Gasteiger partial charge is 0.393 e. The van der Waals surface area contributed by atoms with Crippen molar-refractivity contribution in [3.05, 3.63) is 137 Å². The van der Waals surface area contributed by atoms with Gasteiger partial charge in [-0.25, -0.2) is 4.98 Å². The zero-order valence-electron chi connectivity index (χ0n) is 35.4. The fraction of sp³-hybridized carbons (Fsp3) is 0.300. The molecule has 1 saturated heterocycles. The van der Waals surface area contributed by atoms with Crippen molar-refractivity contribution in [2.75, 3.05) is 11.9 Å². The van der Waals surface area contributed by atoms with E-state index in [0.717, 1.165) is 75.9 Å². The number of unbranched alkanes of at least 4 members (excludes halogenated alkanes) is 2. The van der Waals surface area contributed by atoms with Crippen LogP contribution in [0.5, 0.6) is 0 Å². The minimum atomic E-state index is -1.04. The van der Waals surface area contributed by atoms with Gasteiger partial charge in [0.05, 0.1) is 34.6 Å². The Morgan fingerprint density at radius 1 is 0.828 bits per heavy atom. The number of rotatable bonds is 14. The molecule has 0 radical (unpaired) electrons. The van der Waals surface area contributed by atoms with Crippen molar-refractivity contribution >= 4 is 46.3 Å². The molecule has 1 atom stereocenters. The molecule has 9 rings (SSSR count). The summed E-state index contributed by atoms with van der Waals surface area (Å²) in [6.07, 6.45) is 7.39. The van der Waals surface area contributed by atoms with Crippen LogP contribution in [-0.2, 0) is 22.6 Å². The van der Waals surface area contributed by atoms with Crippen LogP contribution < -0.4 is 21.9 Å². The molecule has 0 spiro atoms. The topological polar surface area (TPSA) is 205 Å². The van der Waals surface area contributed by atoms with Gasteiger partial charge in [-0.1, -0.05) is 85.3 Å². The highest BCUT2D eigenvalue weighted by Gasteiger charge is 2.45. The first-order valence-electron chi connectivity index (χ1n) is 22.1. The number of fused-ring (bicyclic) bond motifs is 2. The molecule has 2 fully saturated rings. The number of primary amides is 1. The maximum atomic E-state index is 13.5. The predicted octanol–water partition coefficient (Wildman–Crippen LogP) is 6.50. The summed E-state index contributed by atoms with van der Waals surface area (Å²) < 4.78 is 4.15. The smallest absolute Gasteiger partial charge is 0.264 e. The lowest BCUT2D eigenvalue weighted by atomic mass is 9.93. The Labute approximate surface area is 369 Å². The highest BCUT2D eigenvalue weighted by atomic mass is 16.3. The van der Waals surface area contributed by atoms with Gasteiger partial charge in [-0.15, -0.1) is 0 Å². The number of hydrogen-bond donors (Lipinski definition) is 5. The van der Waals surface area contributed by atoms with E-state index in [0.29, 0.717) is 54.7 Å². The van der Waals surface area contributed by atoms with Gasteiger partial charge < -0.3 is 25.3 Å². The van der Waals surface area contributed by atoms with Crippen molar-refractivity contribution in [3.8, 4) is 22.4 Å². The van der Waals surface area contributed by atoms with E-state index in [1.807, 2.05) is 53.1 Å². The Balaban J connectivity index is 0.952. The van der Waals surface area contributed by atoms with E-state index in [4.69, 9.17) is 10.7 Å². The van der Waals surface area contributed by atoms with Gasteiger partial charge in [0, 0.05) is 42.4 Å². The van der Waals surface area contributed by atoms with Gasteiger partial charge in [0.25, 0.3) is 11.8 Å². The molecule has 2 aliphatic heterocycles. The fourth-order valence-electron chi connectivity index (χ4n) is 9.70.